The van der Waals surface area contributed by atoms with Crippen LogP contribution in [-0.4, -0.2) is 35.2 Å². The SMILES string of the molecule is CC(C)c1c(Cl)c(Oc2c(Cl)c(O)c(-n3nc(C#N)c(=O)[nH]c3=O)c(O)c2Cl)n[nH]c1=O. The average Bonchev–Trinajstić information content (AvgIpc) is 2.72. The minimum atomic E-state index is -1.20. The van der Waals surface area contributed by atoms with E-state index in [0.717, 1.165) is 0 Å². The van der Waals surface area contributed by atoms with Crippen molar-refractivity contribution < 1.29 is 14.9 Å². The summed E-state index contributed by atoms with van der Waals surface area (Å²) in [7, 11) is 0. The molecule has 3 aromatic rings. The largest absolute Gasteiger partial charge is 0.504 e. The highest BCUT2D eigenvalue weighted by molar-refractivity contribution is 6.39. The molecule has 0 fully saturated rings. The highest BCUT2D eigenvalue weighted by atomic mass is 35.5. The van der Waals surface area contributed by atoms with Gasteiger partial charge in [-0.05, 0) is 5.92 Å². The Hall–Kier alpha value is -3.53. The fourth-order valence-electron chi connectivity index (χ4n) is 2.65. The molecule has 15 heteroatoms. The van der Waals surface area contributed by atoms with Crippen molar-refractivity contribution >= 4 is 34.8 Å². The lowest BCUT2D eigenvalue weighted by Crippen LogP contribution is -2.33. The van der Waals surface area contributed by atoms with Crippen molar-refractivity contribution in [2.75, 3.05) is 0 Å². The first-order valence-corrected chi connectivity index (χ1v) is 9.65. The second kappa shape index (κ2) is 8.54. The number of H-pyrrole nitrogens is 2. The predicted octanol–water partition coefficient (Wildman–Crippen LogP) is 2.16. The molecule has 0 amide bonds. The second-order valence-corrected chi connectivity index (χ2v) is 7.61. The van der Waals surface area contributed by atoms with Crippen LogP contribution >= 0.6 is 34.8 Å². The van der Waals surface area contributed by atoms with Gasteiger partial charge in [-0.2, -0.15) is 9.94 Å². The molecule has 32 heavy (non-hydrogen) atoms. The van der Waals surface area contributed by atoms with E-state index >= 15 is 0 Å². The molecule has 1 aromatic carbocycles. The number of benzene rings is 1. The zero-order valence-corrected chi connectivity index (χ0v) is 18.3. The Kier molecular flexibility index (Phi) is 6.18. The number of ether oxygens (including phenoxy) is 1. The first-order valence-electron chi connectivity index (χ1n) is 8.52. The summed E-state index contributed by atoms with van der Waals surface area (Å²) < 4.78 is 5.78. The molecule has 4 N–H and O–H groups in total. The van der Waals surface area contributed by atoms with E-state index in [1.54, 1.807) is 18.8 Å². The van der Waals surface area contributed by atoms with Gasteiger partial charge in [0.25, 0.3) is 17.0 Å². The Bertz CT molecular complexity index is 1440. The molecule has 0 aliphatic heterocycles. The number of hydrogen-bond donors (Lipinski definition) is 4. The third-order valence-corrected chi connectivity index (χ3v) is 5.18. The number of halogens is 3. The summed E-state index contributed by atoms with van der Waals surface area (Å²) in [5.74, 6) is -3.02. The fourth-order valence-corrected chi connectivity index (χ4v) is 3.53. The van der Waals surface area contributed by atoms with Gasteiger partial charge in [0.15, 0.2) is 22.9 Å². The zero-order chi connectivity index (χ0) is 23.9. The smallest absolute Gasteiger partial charge is 0.349 e. The van der Waals surface area contributed by atoms with Crippen molar-refractivity contribution in [2.24, 2.45) is 0 Å². The van der Waals surface area contributed by atoms with Crippen LogP contribution in [0.1, 0.15) is 31.0 Å². The molecule has 0 bridgehead atoms. The van der Waals surface area contributed by atoms with Crippen molar-refractivity contribution in [1.29, 1.82) is 5.26 Å². The first-order chi connectivity index (χ1) is 15.0. The lowest BCUT2D eigenvalue weighted by atomic mass is 10.1. The number of nitriles is 1. The number of aromatic hydroxyl groups is 2. The summed E-state index contributed by atoms with van der Waals surface area (Å²) in [5.41, 5.74) is -4.14. The lowest BCUT2D eigenvalue weighted by Gasteiger charge is -2.17. The molecule has 3 rings (SSSR count). The van der Waals surface area contributed by atoms with Crippen molar-refractivity contribution in [1.82, 2.24) is 25.0 Å². The second-order valence-electron chi connectivity index (χ2n) is 6.48. The van der Waals surface area contributed by atoms with Crippen molar-refractivity contribution in [3.8, 4) is 34.9 Å². The van der Waals surface area contributed by atoms with Crippen LogP contribution < -0.4 is 21.5 Å². The molecule has 0 saturated carbocycles. The summed E-state index contributed by atoms with van der Waals surface area (Å²) in [4.78, 5) is 37.4. The highest BCUT2D eigenvalue weighted by Gasteiger charge is 2.28. The average molecular weight is 502 g/mol. The van der Waals surface area contributed by atoms with E-state index in [-0.39, 0.29) is 22.4 Å². The first kappa shape index (κ1) is 23.1. The fraction of sp³-hybridized carbons (Fsp3) is 0.176. The van der Waals surface area contributed by atoms with E-state index in [1.165, 1.54) is 6.07 Å². The van der Waals surface area contributed by atoms with Gasteiger partial charge in [0.2, 0.25) is 5.69 Å². The molecular weight excluding hydrogens is 491 g/mol. The molecule has 0 aliphatic carbocycles. The van der Waals surface area contributed by atoms with E-state index in [2.05, 4.69) is 15.3 Å². The number of aromatic nitrogens is 5. The summed E-state index contributed by atoms with van der Waals surface area (Å²) in [5, 5.41) is 38.0. The molecule has 0 saturated heterocycles. The summed E-state index contributed by atoms with van der Waals surface area (Å²) in [6.45, 7) is 3.41. The molecule has 0 radical (unpaired) electrons. The normalized spacial score (nSPS) is 10.9. The molecule has 0 unspecified atom stereocenters. The summed E-state index contributed by atoms with van der Waals surface area (Å²) in [6, 6.07) is 1.45. The summed E-state index contributed by atoms with van der Waals surface area (Å²) in [6.07, 6.45) is 0. The molecule has 166 valence electrons. The summed E-state index contributed by atoms with van der Waals surface area (Å²) >= 11 is 18.5. The molecule has 0 atom stereocenters. The molecule has 12 nitrogen and oxygen atoms in total. The van der Waals surface area contributed by atoms with Gasteiger partial charge in [-0.15, -0.1) is 10.2 Å². The number of rotatable bonds is 4. The van der Waals surface area contributed by atoms with Gasteiger partial charge in [0, 0.05) is 5.56 Å². The van der Waals surface area contributed by atoms with Gasteiger partial charge in [0.05, 0.1) is 0 Å². The van der Waals surface area contributed by atoms with E-state index in [1.807, 2.05) is 0 Å². The number of hydrogen-bond acceptors (Lipinski definition) is 9. The van der Waals surface area contributed by atoms with E-state index in [4.69, 9.17) is 44.8 Å². The molecule has 0 aliphatic rings. The number of phenols is 2. The Morgan fingerprint density at radius 1 is 1.06 bits per heavy atom. The predicted molar refractivity (Wildman–Crippen MR) is 113 cm³/mol. The van der Waals surface area contributed by atoms with E-state index in [9.17, 15) is 24.6 Å². The molecular formula is C17H11Cl3N6O6. The van der Waals surface area contributed by atoms with Crippen LogP contribution in [-0.2, 0) is 0 Å². The number of nitrogens with one attached hydrogen (secondary N) is 2. The van der Waals surface area contributed by atoms with Crippen LogP contribution in [0.25, 0.3) is 5.69 Å². The number of phenolic OH excluding ortho intramolecular Hbond substituents is 2. The topological polar surface area (TPSA) is 187 Å². The monoisotopic (exact) mass is 500 g/mol. The van der Waals surface area contributed by atoms with E-state index in [0.29, 0.717) is 4.68 Å². The van der Waals surface area contributed by atoms with Gasteiger partial charge >= 0.3 is 5.69 Å². The maximum absolute atomic E-state index is 12.1. The maximum Gasteiger partial charge on any atom is 0.349 e. The van der Waals surface area contributed by atoms with Gasteiger partial charge in [-0.3, -0.25) is 14.6 Å². The quantitative estimate of drug-likeness (QED) is 0.415. The Morgan fingerprint density at radius 3 is 2.19 bits per heavy atom. The molecule has 2 heterocycles. The van der Waals surface area contributed by atoms with Gasteiger partial charge in [0.1, 0.15) is 21.1 Å². The van der Waals surface area contributed by atoms with Gasteiger partial charge in [-0.1, -0.05) is 48.7 Å². The van der Waals surface area contributed by atoms with Crippen molar-refractivity contribution in [2.45, 2.75) is 19.8 Å². The van der Waals surface area contributed by atoms with Crippen LogP contribution in [0, 0.1) is 11.3 Å². The zero-order valence-electron chi connectivity index (χ0n) is 16.0. The van der Waals surface area contributed by atoms with Crippen LogP contribution in [0.3, 0.4) is 0 Å². The number of nitrogens with zero attached hydrogens (tertiary/aromatic N) is 4. The molecule has 2 aromatic heterocycles. The lowest BCUT2D eigenvalue weighted by molar-refractivity contribution is 0.416. The third kappa shape index (κ3) is 3.77. The Balaban J connectivity index is 2.24. The number of aromatic amines is 2. The van der Waals surface area contributed by atoms with Crippen LogP contribution in [0.15, 0.2) is 14.4 Å². The van der Waals surface area contributed by atoms with E-state index < -0.39 is 55.5 Å². The van der Waals surface area contributed by atoms with Gasteiger partial charge in [-0.25, -0.2) is 9.89 Å². The maximum atomic E-state index is 12.1. The van der Waals surface area contributed by atoms with Crippen LogP contribution in [0.4, 0.5) is 0 Å². The third-order valence-electron chi connectivity index (χ3n) is 4.11. The van der Waals surface area contributed by atoms with Crippen LogP contribution in [0.2, 0.25) is 15.1 Å². The van der Waals surface area contributed by atoms with Crippen LogP contribution in [0.5, 0.6) is 23.1 Å². The molecule has 0 spiro atoms. The van der Waals surface area contributed by atoms with Crippen molar-refractivity contribution in [3.05, 3.63) is 57.5 Å². The van der Waals surface area contributed by atoms with Gasteiger partial charge < -0.3 is 14.9 Å². The highest BCUT2D eigenvalue weighted by Crippen LogP contribution is 2.51. The Labute approximate surface area is 192 Å². The minimum absolute atomic E-state index is 0.155. The standard InChI is InChI=1S/C17H11Cl3N6O6/c1-4(2)6-7(18)16(24-23-15(6)30)32-13-8(19)11(27)10(12(28)9(13)20)26-17(31)22-14(29)5(3-21)25-26/h4,27-28H,1-2H3,(H,23,30)(H,22,29,31). The minimum Gasteiger partial charge on any atom is -0.504 e. The van der Waals surface area contributed by atoms with Crippen molar-refractivity contribution in [3.63, 3.8) is 0 Å². The Morgan fingerprint density at radius 2 is 1.66 bits per heavy atom.